The number of rotatable bonds is 3. The van der Waals surface area contributed by atoms with E-state index in [9.17, 15) is 13.2 Å². The smallest absolute Gasteiger partial charge is 0.387 e. The van der Waals surface area contributed by atoms with Gasteiger partial charge in [-0.15, -0.1) is 0 Å². The van der Waals surface area contributed by atoms with E-state index in [1.165, 1.54) is 12.1 Å². The van der Waals surface area contributed by atoms with Crippen LogP contribution in [0.1, 0.15) is 11.6 Å². The quantitative estimate of drug-likeness (QED) is 0.887. The Morgan fingerprint density at radius 1 is 1.41 bits per heavy atom. The third-order valence-electron chi connectivity index (χ3n) is 2.49. The van der Waals surface area contributed by atoms with Gasteiger partial charge in [0.1, 0.15) is 11.6 Å². The SMILES string of the molecule is Fc1cc(OC(F)F)ccc1C1COCCN1. The van der Waals surface area contributed by atoms with Gasteiger partial charge in [0.05, 0.1) is 19.3 Å². The summed E-state index contributed by atoms with van der Waals surface area (Å²) in [6.45, 7) is -1.35. The molecule has 2 rings (SSSR count). The fourth-order valence-electron chi connectivity index (χ4n) is 1.73. The molecule has 0 amide bonds. The van der Waals surface area contributed by atoms with Gasteiger partial charge in [0.2, 0.25) is 0 Å². The van der Waals surface area contributed by atoms with Gasteiger partial charge in [-0.25, -0.2) is 4.39 Å². The van der Waals surface area contributed by atoms with Crippen LogP contribution in [0.2, 0.25) is 0 Å². The van der Waals surface area contributed by atoms with Crippen LogP contribution in [0.25, 0.3) is 0 Å². The monoisotopic (exact) mass is 247 g/mol. The molecular weight excluding hydrogens is 235 g/mol. The largest absolute Gasteiger partial charge is 0.435 e. The molecule has 94 valence electrons. The van der Waals surface area contributed by atoms with Gasteiger partial charge in [-0.05, 0) is 6.07 Å². The molecule has 17 heavy (non-hydrogen) atoms. The van der Waals surface area contributed by atoms with Crippen molar-refractivity contribution >= 4 is 0 Å². The van der Waals surface area contributed by atoms with Crippen molar-refractivity contribution in [1.29, 1.82) is 0 Å². The maximum absolute atomic E-state index is 13.7. The highest BCUT2D eigenvalue weighted by Crippen LogP contribution is 2.24. The second-order valence-electron chi connectivity index (χ2n) is 3.64. The van der Waals surface area contributed by atoms with Crippen molar-refractivity contribution in [3.8, 4) is 5.75 Å². The van der Waals surface area contributed by atoms with Crippen LogP contribution < -0.4 is 10.1 Å². The minimum absolute atomic E-state index is 0.182. The Morgan fingerprint density at radius 2 is 2.24 bits per heavy atom. The summed E-state index contributed by atoms with van der Waals surface area (Å²) in [5, 5.41) is 3.08. The molecule has 1 aliphatic rings. The average Bonchev–Trinajstić information content (AvgIpc) is 2.29. The first-order valence-corrected chi connectivity index (χ1v) is 5.22. The zero-order chi connectivity index (χ0) is 12.3. The van der Waals surface area contributed by atoms with Crippen molar-refractivity contribution in [2.45, 2.75) is 12.7 Å². The van der Waals surface area contributed by atoms with E-state index in [2.05, 4.69) is 10.1 Å². The van der Waals surface area contributed by atoms with Gasteiger partial charge in [0.25, 0.3) is 0 Å². The lowest BCUT2D eigenvalue weighted by Crippen LogP contribution is -2.35. The number of morpholine rings is 1. The van der Waals surface area contributed by atoms with Crippen molar-refractivity contribution in [3.05, 3.63) is 29.6 Å². The lowest BCUT2D eigenvalue weighted by Gasteiger charge is -2.24. The molecule has 1 aromatic carbocycles. The highest BCUT2D eigenvalue weighted by atomic mass is 19.3. The van der Waals surface area contributed by atoms with Crippen LogP contribution in [0.5, 0.6) is 5.75 Å². The molecule has 1 unspecified atom stereocenters. The maximum atomic E-state index is 13.7. The van der Waals surface area contributed by atoms with Crippen molar-refractivity contribution < 1.29 is 22.6 Å². The Bertz CT molecular complexity index is 381. The van der Waals surface area contributed by atoms with Gasteiger partial charge in [-0.1, -0.05) is 6.07 Å². The van der Waals surface area contributed by atoms with Gasteiger partial charge in [-0.3, -0.25) is 0 Å². The molecule has 1 heterocycles. The van der Waals surface area contributed by atoms with Gasteiger partial charge in [0, 0.05) is 18.2 Å². The number of hydrogen-bond donors (Lipinski definition) is 1. The Kier molecular flexibility index (Phi) is 3.86. The van der Waals surface area contributed by atoms with Crippen molar-refractivity contribution in [3.63, 3.8) is 0 Å². The summed E-state index contributed by atoms with van der Waals surface area (Å²) >= 11 is 0. The van der Waals surface area contributed by atoms with E-state index in [0.717, 1.165) is 6.07 Å². The van der Waals surface area contributed by atoms with E-state index < -0.39 is 12.4 Å². The summed E-state index contributed by atoms with van der Waals surface area (Å²) in [4.78, 5) is 0. The molecule has 3 nitrogen and oxygen atoms in total. The van der Waals surface area contributed by atoms with Gasteiger partial charge in [-0.2, -0.15) is 8.78 Å². The molecule has 1 atom stereocenters. The van der Waals surface area contributed by atoms with Crippen molar-refractivity contribution in [2.75, 3.05) is 19.8 Å². The molecule has 1 saturated heterocycles. The summed E-state index contributed by atoms with van der Waals surface area (Å²) in [5.41, 5.74) is 0.395. The Morgan fingerprint density at radius 3 is 2.82 bits per heavy atom. The van der Waals surface area contributed by atoms with E-state index >= 15 is 0 Å². The molecular formula is C11H12F3NO2. The van der Waals surface area contributed by atoms with E-state index in [1.807, 2.05) is 0 Å². The predicted octanol–water partition coefficient (Wildman–Crippen LogP) is 2.09. The Hall–Kier alpha value is -1.27. The fraction of sp³-hybridized carbons (Fsp3) is 0.455. The third kappa shape index (κ3) is 3.10. The molecule has 0 aromatic heterocycles. The molecule has 1 fully saturated rings. The molecule has 0 bridgehead atoms. The number of alkyl halides is 2. The summed E-state index contributed by atoms with van der Waals surface area (Å²) in [6.07, 6.45) is 0. The summed E-state index contributed by atoms with van der Waals surface area (Å²) < 4.78 is 46.8. The molecule has 0 spiro atoms. The number of hydrogen-bond acceptors (Lipinski definition) is 3. The average molecular weight is 247 g/mol. The highest BCUT2D eigenvalue weighted by Gasteiger charge is 2.19. The molecule has 1 N–H and O–H groups in total. The summed E-state index contributed by atoms with van der Waals surface area (Å²) in [6, 6.07) is 3.46. The first kappa shape index (κ1) is 12.2. The van der Waals surface area contributed by atoms with Gasteiger partial charge >= 0.3 is 6.61 Å². The van der Waals surface area contributed by atoms with E-state index in [-0.39, 0.29) is 11.8 Å². The second kappa shape index (κ2) is 5.37. The number of nitrogens with one attached hydrogen (secondary N) is 1. The topological polar surface area (TPSA) is 30.5 Å². The summed E-state index contributed by atoms with van der Waals surface area (Å²) in [7, 11) is 0. The van der Waals surface area contributed by atoms with Crippen molar-refractivity contribution in [2.24, 2.45) is 0 Å². The molecule has 1 aliphatic heterocycles. The van der Waals surface area contributed by atoms with Crippen LogP contribution in [-0.4, -0.2) is 26.4 Å². The lowest BCUT2D eigenvalue weighted by molar-refractivity contribution is -0.0500. The third-order valence-corrected chi connectivity index (χ3v) is 2.49. The van der Waals surface area contributed by atoms with E-state index in [4.69, 9.17) is 4.74 Å². The zero-order valence-electron chi connectivity index (χ0n) is 8.96. The van der Waals surface area contributed by atoms with E-state index in [0.29, 0.717) is 25.3 Å². The van der Waals surface area contributed by atoms with Gasteiger partial charge < -0.3 is 14.8 Å². The number of halogens is 3. The standard InChI is InChI=1S/C11H12F3NO2/c12-9-5-7(17-11(13)14)1-2-8(9)10-6-16-4-3-15-10/h1-2,5,10-11,15H,3-4,6H2. The molecule has 0 saturated carbocycles. The summed E-state index contributed by atoms with van der Waals surface area (Å²) in [5.74, 6) is -0.760. The van der Waals surface area contributed by atoms with Crippen LogP contribution in [0.15, 0.2) is 18.2 Å². The molecule has 0 radical (unpaired) electrons. The highest BCUT2D eigenvalue weighted by molar-refractivity contribution is 5.31. The Labute approximate surface area is 96.5 Å². The van der Waals surface area contributed by atoms with E-state index in [1.54, 1.807) is 0 Å². The second-order valence-corrected chi connectivity index (χ2v) is 3.64. The number of ether oxygens (including phenoxy) is 2. The van der Waals surface area contributed by atoms with Crippen LogP contribution >= 0.6 is 0 Å². The zero-order valence-corrected chi connectivity index (χ0v) is 8.96. The minimum atomic E-state index is -2.95. The first-order chi connectivity index (χ1) is 8.16. The normalized spacial score (nSPS) is 20.6. The molecule has 1 aromatic rings. The van der Waals surface area contributed by atoms with Crippen LogP contribution in [0.4, 0.5) is 13.2 Å². The lowest BCUT2D eigenvalue weighted by atomic mass is 10.1. The van der Waals surface area contributed by atoms with Crippen LogP contribution in [-0.2, 0) is 4.74 Å². The first-order valence-electron chi connectivity index (χ1n) is 5.22. The maximum Gasteiger partial charge on any atom is 0.387 e. The predicted molar refractivity (Wildman–Crippen MR) is 54.6 cm³/mol. The molecule has 6 heteroatoms. The van der Waals surface area contributed by atoms with Gasteiger partial charge in [0.15, 0.2) is 0 Å². The fourth-order valence-corrected chi connectivity index (χ4v) is 1.73. The van der Waals surface area contributed by atoms with Crippen molar-refractivity contribution in [1.82, 2.24) is 5.32 Å². The number of benzene rings is 1. The molecule has 0 aliphatic carbocycles. The van der Waals surface area contributed by atoms with Crippen LogP contribution in [0, 0.1) is 5.82 Å². The Balaban J connectivity index is 2.13. The van der Waals surface area contributed by atoms with Crippen LogP contribution in [0.3, 0.4) is 0 Å². The minimum Gasteiger partial charge on any atom is -0.435 e.